The van der Waals surface area contributed by atoms with E-state index >= 15 is 0 Å². The summed E-state index contributed by atoms with van der Waals surface area (Å²) in [6, 6.07) is 12.1. The van der Waals surface area contributed by atoms with Gasteiger partial charge in [-0.25, -0.2) is 0 Å². The van der Waals surface area contributed by atoms with Crippen molar-refractivity contribution < 1.29 is 14.3 Å². The molecule has 0 aliphatic carbocycles. The highest BCUT2D eigenvalue weighted by Crippen LogP contribution is 2.34. The second-order valence-electron chi connectivity index (χ2n) is 5.26. The average Bonchev–Trinajstić information content (AvgIpc) is 2.66. The van der Waals surface area contributed by atoms with Crippen molar-refractivity contribution >= 4 is 51.9 Å². The highest BCUT2D eigenvalue weighted by Gasteiger charge is 2.14. The Morgan fingerprint density at radius 2 is 2.07 bits per heavy atom. The fourth-order valence-corrected chi connectivity index (χ4v) is 3.06. The molecule has 138 valence electrons. The number of nitriles is 1. The molecule has 2 aromatic rings. The predicted octanol–water partition coefficient (Wildman–Crippen LogP) is 5.06. The second-order valence-corrected chi connectivity index (χ2v) is 6.86. The number of nitrogens with zero attached hydrogens (tertiary/aromatic N) is 1. The highest BCUT2D eigenvalue weighted by atomic mass is 127. The molecule has 2 aromatic carbocycles. The van der Waals surface area contributed by atoms with Crippen LogP contribution in [0.5, 0.6) is 11.5 Å². The minimum Gasteiger partial charge on any atom is -0.493 e. The van der Waals surface area contributed by atoms with Crippen molar-refractivity contribution in [3.63, 3.8) is 0 Å². The molecule has 0 radical (unpaired) electrons. The first kappa shape index (κ1) is 20.8. The molecule has 0 saturated heterocycles. The molecule has 0 fully saturated rings. The largest absolute Gasteiger partial charge is 0.493 e. The SMILES string of the molecule is C=CCOc1c(I)cc(C=C(C#N)C(=O)Nc2ccc(Cl)cc2)cc1OC. The molecule has 0 heterocycles. The molecule has 7 heteroatoms. The molecule has 0 aliphatic rings. The monoisotopic (exact) mass is 494 g/mol. The Morgan fingerprint density at radius 1 is 1.37 bits per heavy atom. The maximum absolute atomic E-state index is 12.4. The van der Waals surface area contributed by atoms with E-state index in [4.69, 9.17) is 21.1 Å². The summed E-state index contributed by atoms with van der Waals surface area (Å²) >= 11 is 7.94. The van der Waals surface area contributed by atoms with Crippen molar-refractivity contribution in [3.05, 3.63) is 68.8 Å². The number of rotatable bonds is 7. The van der Waals surface area contributed by atoms with Gasteiger partial charge in [-0.15, -0.1) is 0 Å². The van der Waals surface area contributed by atoms with Crippen LogP contribution in [0.15, 0.2) is 54.6 Å². The first-order chi connectivity index (χ1) is 13.0. The van der Waals surface area contributed by atoms with Crippen LogP contribution in [0.1, 0.15) is 5.56 Å². The summed E-state index contributed by atoms with van der Waals surface area (Å²) in [6.45, 7) is 3.96. The van der Waals surface area contributed by atoms with Crippen LogP contribution >= 0.6 is 34.2 Å². The van der Waals surface area contributed by atoms with Gasteiger partial charge in [0.15, 0.2) is 11.5 Å². The number of anilines is 1. The quantitative estimate of drug-likeness (QED) is 0.253. The average molecular weight is 495 g/mol. The first-order valence-corrected chi connectivity index (χ1v) is 9.24. The number of halogens is 2. The summed E-state index contributed by atoms with van der Waals surface area (Å²) < 4.78 is 11.7. The van der Waals surface area contributed by atoms with Gasteiger partial charge in [0.25, 0.3) is 5.91 Å². The fraction of sp³-hybridized carbons (Fsp3) is 0.100. The zero-order valence-corrected chi connectivity index (χ0v) is 17.4. The Morgan fingerprint density at radius 3 is 2.67 bits per heavy atom. The van der Waals surface area contributed by atoms with Crippen molar-refractivity contribution in [3.8, 4) is 17.6 Å². The summed E-state index contributed by atoms with van der Waals surface area (Å²) in [5.74, 6) is 0.574. The topological polar surface area (TPSA) is 71.3 Å². The van der Waals surface area contributed by atoms with E-state index in [9.17, 15) is 10.1 Å². The molecule has 0 unspecified atom stereocenters. The van der Waals surface area contributed by atoms with Crippen LogP contribution in [0, 0.1) is 14.9 Å². The zero-order chi connectivity index (χ0) is 19.8. The van der Waals surface area contributed by atoms with Crippen LogP contribution in [-0.4, -0.2) is 19.6 Å². The maximum atomic E-state index is 12.4. The summed E-state index contributed by atoms with van der Waals surface area (Å²) in [5, 5.41) is 12.6. The Bertz CT molecular complexity index is 918. The van der Waals surface area contributed by atoms with Crippen LogP contribution in [0.4, 0.5) is 5.69 Å². The first-order valence-electron chi connectivity index (χ1n) is 7.78. The highest BCUT2D eigenvalue weighted by molar-refractivity contribution is 14.1. The number of hydrogen-bond acceptors (Lipinski definition) is 4. The summed E-state index contributed by atoms with van der Waals surface area (Å²) in [5.41, 5.74) is 1.15. The molecule has 27 heavy (non-hydrogen) atoms. The molecule has 0 aliphatic heterocycles. The lowest BCUT2D eigenvalue weighted by Crippen LogP contribution is -2.13. The van der Waals surface area contributed by atoms with Gasteiger partial charge >= 0.3 is 0 Å². The van der Waals surface area contributed by atoms with Gasteiger partial charge in [0, 0.05) is 10.7 Å². The lowest BCUT2D eigenvalue weighted by molar-refractivity contribution is -0.112. The van der Waals surface area contributed by atoms with Crippen molar-refractivity contribution in [2.24, 2.45) is 0 Å². The van der Waals surface area contributed by atoms with Gasteiger partial charge in [-0.3, -0.25) is 4.79 Å². The van der Waals surface area contributed by atoms with Crippen LogP contribution in [0.3, 0.4) is 0 Å². The number of carbonyl (C=O) groups excluding carboxylic acids is 1. The van der Waals surface area contributed by atoms with Crippen molar-refractivity contribution in [2.75, 3.05) is 19.0 Å². The second kappa shape index (κ2) is 10.00. The molecular weight excluding hydrogens is 479 g/mol. The van der Waals surface area contributed by atoms with E-state index in [0.717, 1.165) is 3.57 Å². The molecule has 0 bridgehead atoms. The van der Waals surface area contributed by atoms with E-state index < -0.39 is 5.91 Å². The molecule has 2 rings (SSSR count). The Kier molecular flexibility index (Phi) is 7.70. The number of methoxy groups -OCH3 is 1. The van der Waals surface area contributed by atoms with Crippen LogP contribution < -0.4 is 14.8 Å². The van der Waals surface area contributed by atoms with Gasteiger partial charge in [0.2, 0.25) is 0 Å². The zero-order valence-electron chi connectivity index (χ0n) is 14.5. The normalized spacial score (nSPS) is 10.7. The molecule has 0 saturated carbocycles. The van der Waals surface area contributed by atoms with E-state index in [0.29, 0.717) is 34.4 Å². The third kappa shape index (κ3) is 5.74. The third-order valence-electron chi connectivity index (χ3n) is 3.38. The number of amides is 1. The maximum Gasteiger partial charge on any atom is 0.266 e. The van der Waals surface area contributed by atoms with E-state index in [1.54, 1.807) is 42.5 Å². The smallest absolute Gasteiger partial charge is 0.266 e. The van der Waals surface area contributed by atoms with Crippen LogP contribution in [0.2, 0.25) is 5.02 Å². The van der Waals surface area contributed by atoms with E-state index in [1.165, 1.54) is 13.2 Å². The van der Waals surface area contributed by atoms with Crippen molar-refractivity contribution in [2.45, 2.75) is 0 Å². The van der Waals surface area contributed by atoms with Gasteiger partial charge in [0.05, 0.1) is 10.7 Å². The molecular formula is C20H16ClIN2O3. The number of benzene rings is 2. The third-order valence-corrected chi connectivity index (χ3v) is 4.43. The fourth-order valence-electron chi connectivity index (χ4n) is 2.15. The lowest BCUT2D eigenvalue weighted by atomic mass is 10.1. The number of nitrogens with one attached hydrogen (secondary N) is 1. The molecule has 0 atom stereocenters. The van der Waals surface area contributed by atoms with Gasteiger partial charge < -0.3 is 14.8 Å². The summed E-state index contributed by atoms with van der Waals surface area (Å²) in [4.78, 5) is 12.4. The number of hydrogen-bond donors (Lipinski definition) is 1. The molecule has 1 N–H and O–H groups in total. The van der Waals surface area contributed by atoms with Crippen molar-refractivity contribution in [1.29, 1.82) is 5.26 Å². The Labute approximate surface area is 176 Å². The predicted molar refractivity (Wildman–Crippen MR) is 115 cm³/mol. The Hall–Kier alpha value is -2.50. The minimum atomic E-state index is -0.513. The molecule has 1 amide bonds. The summed E-state index contributed by atoms with van der Waals surface area (Å²) in [6.07, 6.45) is 3.13. The van der Waals surface area contributed by atoms with Crippen LogP contribution in [0.25, 0.3) is 6.08 Å². The number of ether oxygens (including phenoxy) is 2. The standard InChI is InChI=1S/C20H16ClIN2O3/c1-3-8-27-19-17(22)10-13(11-18(19)26-2)9-14(12-23)20(25)24-16-6-4-15(21)5-7-16/h3-7,9-11H,1,8H2,2H3,(H,24,25). The molecule has 0 spiro atoms. The van der Waals surface area contributed by atoms with Crippen LogP contribution in [-0.2, 0) is 4.79 Å². The van der Waals surface area contributed by atoms with Crippen molar-refractivity contribution in [1.82, 2.24) is 0 Å². The minimum absolute atomic E-state index is 0.0393. The van der Waals surface area contributed by atoms with Gasteiger partial charge in [0.1, 0.15) is 18.2 Å². The Balaban J connectivity index is 2.29. The van der Waals surface area contributed by atoms with E-state index in [-0.39, 0.29) is 5.57 Å². The molecule has 0 aromatic heterocycles. The van der Waals surface area contributed by atoms with E-state index in [2.05, 4.69) is 34.5 Å². The summed E-state index contributed by atoms with van der Waals surface area (Å²) in [7, 11) is 1.53. The van der Waals surface area contributed by atoms with Gasteiger partial charge in [-0.05, 0) is 70.6 Å². The molecule has 5 nitrogen and oxygen atoms in total. The van der Waals surface area contributed by atoms with E-state index in [1.807, 2.05) is 6.07 Å². The number of carbonyl (C=O) groups is 1. The van der Waals surface area contributed by atoms with Gasteiger partial charge in [-0.2, -0.15) is 5.26 Å². The van der Waals surface area contributed by atoms with Gasteiger partial charge in [-0.1, -0.05) is 24.3 Å². The lowest BCUT2D eigenvalue weighted by Gasteiger charge is -2.12.